The SMILES string of the molecule is CCCl.c1ccccc1. The Balaban J connectivity index is 0.000000187. The molecule has 0 fully saturated rings. The third-order valence-corrected chi connectivity index (χ3v) is 0.667. The summed E-state index contributed by atoms with van der Waals surface area (Å²) < 4.78 is 0. The van der Waals surface area contributed by atoms with Crippen LogP contribution in [-0.4, -0.2) is 5.88 Å². The Morgan fingerprint density at radius 1 is 0.889 bits per heavy atom. The molecule has 1 rings (SSSR count). The van der Waals surface area contributed by atoms with Gasteiger partial charge in [0.15, 0.2) is 0 Å². The molecule has 0 aromatic heterocycles. The van der Waals surface area contributed by atoms with Crippen LogP contribution in [0.2, 0.25) is 0 Å². The van der Waals surface area contributed by atoms with Crippen LogP contribution in [-0.2, 0) is 0 Å². The van der Waals surface area contributed by atoms with Crippen molar-refractivity contribution in [1.29, 1.82) is 0 Å². The molecular formula is C8H11Cl. The van der Waals surface area contributed by atoms with E-state index in [0.717, 1.165) is 5.88 Å². The zero-order valence-corrected chi connectivity index (χ0v) is 6.31. The number of alkyl halides is 1. The Hall–Kier alpha value is -0.490. The van der Waals surface area contributed by atoms with Crippen LogP contribution in [0.25, 0.3) is 0 Å². The van der Waals surface area contributed by atoms with Gasteiger partial charge in [0.2, 0.25) is 0 Å². The summed E-state index contributed by atoms with van der Waals surface area (Å²) in [5, 5.41) is 0. The lowest BCUT2D eigenvalue weighted by molar-refractivity contribution is 1.51. The molecule has 0 saturated carbocycles. The monoisotopic (exact) mass is 142 g/mol. The highest BCUT2D eigenvalue weighted by molar-refractivity contribution is 6.17. The van der Waals surface area contributed by atoms with E-state index in [1.54, 1.807) is 0 Å². The van der Waals surface area contributed by atoms with Gasteiger partial charge >= 0.3 is 0 Å². The lowest BCUT2D eigenvalue weighted by Gasteiger charge is -1.69. The molecule has 50 valence electrons. The highest BCUT2D eigenvalue weighted by Crippen LogP contribution is 1.79. The molecule has 0 aliphatic heterocycles. The topological polar surface area (TPSA) is 0 Å². The normalized spacial score (nSPS) is 7.33. The van der Waals surface area contributed by atoms with E-state index < -0.39 is 0 Å². The molecule has 0 nitrogen and oxygen atoms in total. The van der Waals surface area contributed by atoms with Gasteiger partial charge in [0.25, 0.3) is 0 Å². The van der Waals surface area contributed by atoms with Crippen molar-refractivity contribution in [3.05, 3.63) is 36.4 Å². The number of hydrogen-bond donors (Lipinski definition) is 0. The van der Waals surface area contributed by atoms with Crippen LogP contribution in [0.15, 0.2) is 36.4 Å². The van der Waals surface area contributed by atoms with E-state index in [-0.39, 0.29) is 0 Å². The summed E-state index contributed by atoms with van der Waals surface area (Å²) in [6.07, 6.45) is 0. The van der Waals surface area contributed by atoms with Gasteiger partial charge < -0.3 is 0 Å². The summed E-state index contributed by atoms with van der Waals surface area (Å²) in [7, 11) is 0. The second kappa shape index (κ2) is 7.51. The maximum atomic E-state index is 5.00. The fourth-order valence-corrected chi connectivity index (χ4v) is 0.385. The molecule has 0 spiro atoms. The van der Waals surface area contributed by atoms with Crippen LogP contribution >= 0.6 is 11.6 Å². The molecular weight excluding hydrogens is 132 g/mol. The Bertz CT molecular complexity index is 87.4. The standard InChI is InChI=1S/C6H6.C2H5Cl/c1-2-4-6-5-3-1;1-2-3/h1-6H;2H2,1H3. The van der Waals surface area contributed by atoms with Crippen molar-refractivity contribution >= 4 is 11.6 Å². The van der Waals surface area contributed by atoms with Crippen LogP contribution < -0.4 is 0 Å². The summed E-state index contributed by atoms with van der Waals surface area (Å²) in [5.41, 5.74) is 0. The first kappa shape index (κ1) is 8.51. The van der Waals surface area contributed by atoms with Gasteiger partial charge in [-0.1, -0.05) is 43.3 Å². The van der Waals surface area contributed by atoms with E-state index in [0.29, 0.717) is 0 Å². The van der Waals surface area contributed by atoms with Gasteiger partial charge in [-0.3, -0.25) is 0 Å². The Kier molecular flexibility index (Phi) is 7.10. The average Bonchev–Trinajstić information content (AvgIpc) is 1.93. The zero-order valence-electron chi connectivity index (χ0n) is 5.55. The van der Waals surface area contributed by atoms with E-state index in [1.807, 2.05) is 43.3 Å². The minimum Gasteiger partial charge on any atom is -0.127 e. The summed E-state index contributed by atoms with van der Waals surface area (Å²) in [6, 6.07) is 12.0. The molecule has 0 aliphatic carbocycles. The first-order valence-electron chi connectivity index (χ1n) is 2.97. The third kappa shape index (κ3) is 7.51. The van der Waals surface area contributed by atoms with Gasteiger partial charge in [0.1, 0.15) is 0 Å². The molecule has 1 aromatic rings. The number of benzene rings is 1. The van der Waals surface area contributed by atoms with Gasteiger partial charge in [-0.05, 0) is 0 Å². The fraction of sp³-hybridized carbons (Fsp3) is 0.250. The minimum absolute atomic E-state index is 0.722. The van der Waals surface area contributed by atoms with E-state index in [9.17, 15) is 0 Å². The van der Waals surface area contributed by atoms with E-state index >= 15 is 0 Å². The summed E-state index contributed by atoms with van der Waals surface area (Å²) >= 11 is 5.00. The van der Waals surface area contributed by atoms with Crippen molar-refractivity contribution in [2.24, 2.45) is 0 Å². The Morgan fingerprint density at radius 3 is 1.11 bits per heavy atom. The largest absolute Gasteiger partial charge is 0.127 e. The fourth-order valence-electron chi connectivity index (χ4n) is 0.385. The number of halogens is 1. The molecule has 0 atom stereocenters. The number of rotatable bonds is 0. The maximum absolute atomic E-state index is 5.00. The predicted octanol–water partition coefficient (Wildman–Crippen LogP) is 2.93. The van der Waals surface area contributed by atoms with E-state index in [2.05, 4.69) is 0 Å². The Labute approximate surface area is 61.5 Å². The highest BCUT2D eigenvalue weighted by atomic mass is 35.5. The summed E-state index contributed by atoms with van der Waals surface area (Å²) in [6.45, 7) is 1.89. The van der Waals surface area contributed by atoms with Gasteiger partial charge in [0.05, 0.1) is 0 Å². The van der Waals surface area contributed by atoms with Crippen LogP contribution in [0.5, 0.6) is 0 Å². The first-order valence-corrected chi connectivity index (χ1v) is 3.51. The quantitative estimate of drug-likeness (QED) is 0.489. The second-order valence-corrected chi connectivity index (χ2v) is 1.96. The maximum Gasteiger partial charge on any atom is 0.0195 e. The molecule has 0 unspecified atom stereocenters. The van der Waals surface area contributed by atoms with Gasteiger partial charge in [0, 0.05) is 5.88 Å². The van der Waals surface area contributed by atoms with Crippen LogP contribution in [0.3, 0.4) is 0 Å². The predicted molar refractivity (Wildman–Crippen MR) is 42.8 cm³/mol. The highest BCUT2D eigenvalue weighted by Gasteiger charge is 1.57. The van der Waals surface area contributed by atoms with Crippen LogP contribution in [0.4, 0.5) is 0 Å². The molecule has 0 N–H and O–H groups in total. The second-order valence-electron chi connectivity index (χ2n) is 1.42. The van der Waals surface area contributed by atoms with Gasteiger partial charge in [-0.25, -0.2) is 0 Å². The molecule has 0 saturated heterocycles. The summed E-state index contributed by atoms with van der Waals surface area (Å²) in [4.78, 5) is 0. The molecule has 0 heterocycles. The van der Waals surface area contributed by atoms with Crippen molar-refractivity contribution in [1.82, 2.24) is 0 Å². The van der Waals surface area contributed by atoms with Crippen molar-refractivity contribution in [3.8, 4) is 0 Å². The van der Waals surface area contributed by atoms with Gasteiger partial charge in [-0.2, -0.15) is 0 Å². The molecule has 0 aliphatic rings. The zero-order chi connectivity index (χ0) is 6.95. The van der Waals surface area contributed by atoms with E-state index in [4.69, 9.17) is 11.6 Å². The third-order valence-electron chi connectivity index (χ3n) is 0.667. The van der Waals surface area contributed by atoms with Crippen molar-refractivity contribution in [2.45, 2.75) is 6.92 Å². The molecule has 0 amide bonds. The van der Waals surface area contributed by atoms with Gasteiger partial charge in [-0.15, -0.1) is 11.6 Å². The van der Waals surface area contributed by atoms with Crippen LogP contribution in [0.1, 0.15) is 6.92 Å². The van der Waals surface area contributed by atoms with Crippen molar-refractivity contribution in [2.75, 3.05) is 5.88 Å². The van der Waals surface area contributed by atoms with Crippen molar-refractivity contribution < 1.29 is 0 Å². The Morgan fingerprint density at radius 2 is 1.00 bits per heavy atom. The molecule has 9 heavy (non-hydrogen) atoms. The van der Waals surface area contributed by atoms with Crippen molar-refractivity contribution in [3.63, 3.8) is 0 Å². The number of hydrogen-bond acceptors (Lipinski definition) is 0. The smallest absolute Gasteiger partial charge is 0.0195 e. The summed E-state index contributed by atoms with van der Waals surface area (Å²) in [5.74, 6) is 0.722. The molecule has 0 radical (unpaired) electrons. The van der Waals surface area contributed by atoms with E-state index in [1.165, 1.54) is 0 Å². The minimum atomic E-state index is 0.722. The van der Waals surface area contributed by atoms with Crippen LogP contribution in [0, 0.1) is 0 Å². The average molecular weight is 143 g/mol. The lowest BCUT2D eigenvalue weighted by atomic mass is 10.4. The molecule has 1 heteroatoms. The first-order chi connectivity index (χ1) is 4.41. The molecule has 0 bridgehead atoms. The molecule has 1 aromatic carbocycles. The lowest BCUT2D eigenvalue weighted by Crippen LogP contribution is -1.47.